The van der Waals surface area contributed by atoms with E-state index >= 15 is 0 Å². The summed E-state index contributed by atoms with van der Waals surface area (Å²) in [5.74, 6) is 2.00. The number of aryl methyl sites for hydroxylation is 2. The molecule has 0 aliphatic carbocycles. The highest BCUT2D eigenvalue weighted by molar-refractivity contribution is 5.87. The number of carbonyl (C=O) groups is 2. The van der Waals surface area contributed by atoms with Gasteiger partial charge in [0.25, 0.3) is 0 Å². The van der Waals surface area contributed by atoms with Crippen molar-refractivity contribution in [2.45, 2.75) is 53.0 Å². The molecule has 0 saturated carbocycles. The summed E-state index contributed by atoms with van der Waals surface area (Å²) in [6.45, 7) is 10.6. The number of nitrogens with one attached hydrogen (secondary N) is 2. The summed E-state index contributed by atoms with van der Waals surface area (Å²) in [4.78, 5) is 35.3. The van der Waals surface area contributed by atoms with Crippen LogP contribution in [0.1, 0.15) is 43.3 Å². The van der Waals surface area contributed by atoms with Crippen LogP contribution in [-0.2, 0) is 9.59 Å². The quantitative estimate of drug-likeness (QED) is 0.826. The van der Waals surface area contributed by atoms with Crippen molar-refractivity contribution in [3.8, 4) is 0 Å². The lowest BCUT2D eigenvalue weighted by molar-refractivity contribution is -0.128. The summed E-state index contributed by atoms with van der Waals surface area (Å²) >= 11 is 0. The van der Waals surface area contributed by atoms with Crippen molar-refractivity contribution in [2.24, 2.45) is 11.8 Å². The Morgan fingerprint density at radius 1 is 1.31 bits per heavy atom. The van der Waals surface area contributed by atoms with Crippen molar-refractivity contribution < 1.29 is 9.59 Å². The fourth-order valence-corrected chi connectivity index (χ4v) is 3.94. The predicted molar refractivity (Wildman–Crippen MR) is 99.9 cm³/mol. The first-order valence-corrected chi connectivity index (χ1v) is 9.49. The molecule has 2 N–H and O–H groups in total. The summed E-state index contributed by atoms with van der Waals surface area (Å²) in [6, 6.07) is 0.0845. The highest BCUT2D eigenvalue weighted by Gasteiger charge is 2.31. The number of hydrogen-bond acceptors (Lipinski definition) is 5. The first kappa shape index (κ1) is 18.6. The van der Waals surface area contributed by atoms with Crippen molar-refractivity contribution in [1.82, 2.24) is 20.6 Å². The highest BCUT2D eigenvalue weighted by Crippen LogP contribution is 2.28. The van der Waals surface area contributed by atoms with E-state index in [2.05, 4.69) is 39.3 Å². The minimum Gasteiger partial charge on any atom is -0.356 e. The molecule has 7 heteroatoms. The van der Waals surface area contributed by atoms with Crippen LogP contribution in [0.25, 0.3) is 0 Å². The van der Waals surface area contributed by atoms with Crippen LogP contribution < -0.4 is 15.5 Å². The van der Waals surface area contributed by atoms with Gasteiger partial charge in [-0.05, 0) is 46.5 Å². The van der Waals surface area contributed by atoms with Gasteiger partial charge in [0, 0.05) is 49.3 Å². The van der Waals surface area contributed by atoms with E-state index in [0.717, 1.165) is 48.8 Å². The molecule has 2 aliphatic heterocycles. The molecule has 142 valence electrons. The van der Waals surface area contributed by atoms with Crippen LogP contribution in [0.5, 0.6) is 0 Å². The summed E-state index contributed by atoms with van der Waals surface area (Å²) < 4.78 is 0. The van der Waals surface area contributed by atoms with E-state index in [0.29, 0.717) is 12.5 Å². The standard InChI is InChI=1S/C19H29N5O2/c1-11-12(2)21-14(4)23-18(11)24-8-6-16(10-24)13(3)22-17(25)9-15-5-7-20-19(15)26/h13,15-16H,5-10H2,1-4H3,(H,20,26)(H,22,25). The van der Waals surface area contributed by atoms with Gasteiger partial charge in [-0.3, -0.25) is 9.59 Å². The molecule has 0 spiro atoms. The summed E-state index contributed by atoms with van der Waals surface area (Å²) in [5, 5.41) is 5.88. The van der Waals surface area contributed by atoms with Gasteiger partial charge < -0.3 is 15.5 Å². The maximum atomic E-state index is 12.3. The summed E-state index contributed by atoms with van der Waals surface area (Å²) in [7, 11) is 0. The van der Waals surface area contributed by atoms with E-state index in [9.17, 15) is 9.59 Å². The van der Waals surface area contributed by atoms with E-state index in [1.807, 2.05) is 13.8 Å². The third-order valence-corrected chi connectivity index (χ3v) is 5.69. The van der Waals surface area contributed by atoms with Gasteiger partial charge in [-0.1, -0.05) is 0 Å². The van der Waals surface area contributed by atoms with Crippen LogP contribution in [0.4, 0.5) is 5.82 Å². The van der Waals surface area contributed by atoms with Crippen LogP contribution >= 0.6 is 0 Å². The normalized spacial score (nSPS) is 23.8. The number of carbonyl (C=O) groups excluding carboxylic acids is 2. The summed E-state index contributed by atoms with van der Waals surface area (Å²) in [5.41, 5.74) is 2.15. The minimum absolute atomic E-state index is 0.00446. The molecule has 3 atom stereocenters. The maximum Gasteiger partial charge on any atom is 0.223 e. The highest BCUT2D eigenvalue weighted by atomic mass is 16.2. The fraction of sp³-hybridized carbons (Fsp3) is 0.684. The second-order valence-corrected chi connectivity index (χ2v) is 7.64. The Hall–Kier alpha value is -2.18. The van der Waals surface area contributed by atoms with E-state index < -0.39 is 0 Å². The van der Waals surface area contributed by atoms with Gasteiger partial charge in [0.15, 0.2) is 0 Å². The second-order valence-electron chi connectivity index (χ2n) is 7.64. The third-order valence-electron chi connectivity index (χ3n) is 5.69. The molecule has 3 heterocycles. The molecule has 2 amide bonds. The third kappa shape index (κ3) is 3.97. The van der Waals surface area contributed by atoms with Crippen LogP contribution in [0.2, 0.25) is 0 Å². The molecule has 0 aromatic carbocycles. The molecule has 2 saturated heterocycles. The van der Waals surface area contributed by atoms with Crippen LogP contribution in [-0.4, -0.2) is 47.5 Å². The number of amides is 2. The van der Waals surface area contributed by atoms with Crippen molar-refractivity contribution in [3.05, 3.63) is 17.1 Å². The number of anilines is 1. The number of rotatable bonds is 5. The van der Waals surface area contributed by atoms with Crippen molar-refractivity contribution in [3.63, 3.8) is 0 Å². The molecule has 1 aromatic rings. The molecule has 26 heavy (non-hydrogen) atoms. The Morgan fingerprint density at radius 3 is 2.77 bits per heavy atom. The zero-order valence-electron chi connectivity index (χ0n) is 16.1. The van der Waals surface area contributed by atoms with Gasteiger partial charge >= 0.3 is 0 Å². The topological polar surface area (TPSA) is 87.2 Å². The van der Waals surface area contributed by atoms with Crippen LogP contribution in [0.15, 0.2) is 0 Å². The van der Waals surface area contributed by atoms with Gasteiger partial charge in [-0.15, -0.1) is 0 Å². The SMILES string of the molecule is Cc1nc(C)c(C)c(N2CCC(C(C)NC(=O)CC3CCNC3=O)C2)n1. The molecule has 3 rings (SSSR count). The monoisotopic (exact) mass is 359 g/mol. The predicted octanol–water partition coefficient (Wildman–Crippen LogP) is 1.26. The molecule has 3 unspecified atom stereocenters. The zero-order valence-corrected chi connectivity index (χ0v) is 16.1. The Balaban J connectivity index is 1.56. The van der Waals surface area contributed by atoms with Crippen molar-refractivity contribution >= 4 is 17.6 Å². The molecule has 2 aliphatic rings. The lowest BCUT2D eigenvalue weighted by Gasteiger charge is -2.24. The molecule has 0 bridgehead atoms. The van der Waals surface area contributed by atoms with Crippen LogP contribution in [0.3, 0.4) is 0 Å². The maximum absolute atomic E-state index is 12.3. The lowest BCUT2D eigenvalue weighted by atomic mass is 9.99. The van der Waals surface area contributed by atoms with E-state index in [1.165, 1.54) is 0 Å². The van der Waals surface area contributed by atoms with Crippen LogP contribution in [0, 0.1) is 32.6 Å². The van der Waals surface area contributed by atoms with Crippen molar-refractivity contribution in [1.29, 1.82) is 0 Å². The Kier molecular flexibility index (Phi) is 5.44. The molecular weight excluding hydrogens is 330 g/mol. The molecular formula is C19H29N5O2. The average molecular weight is 359 g/mol. The average Bonchev–Trinajstić information content (AvgIpc) is 3.21. The summed E-state index contributed by atoms with van der Waals surface area (Å²) in [6.07, 6.45) is 2.06. The molecule has 0 radical (unpaired) electrons. The largest absolute Gasteiger partial charge is 0.356 e. The van der Waals surface area contributed by atoms with Gasteiger partial charge in [0.1, 0.15) is 11.6 Å². The number of nitrogens with zero attached hydrogens (tertiary/aromatic N) is 3. The Labute approximate surface area is 155 Å². The van der Waals surface area contributed by atoms with E-state index in [-0.39, 0.29) is 30.2 Å². The van der Waals surface area contributed by atoms with Gasteiger partial charge in [0.05, 0.1) is 0 Å². The minimum atomic E-state index is -0.170. The fourth-order valence-electron chi connectivity index (χ4n) is 3.94. The van der Waals surface area contributed by atoms with E-state index in [1.54, 1.807) is 0 Å². The smallest absolute Gasteiger partial charge is 0.223 e. The molecule has 7 nitrogen and oxygen atoms in total. The number of hydrogen-bond donors (Lipinski definition) is 2. The first-order chi connectivity index (χ1) is 12.3. The first-order valence-electron chi connectivity index (χ1n) is 9.49. The van der Waals surface area contributed by atoms with Crippen molar-refractivity contribution in [2.75, 3.05) is 24.5 Å². The van der Waals surface area contributed by atoms with Gasteiger partial charge in [-0.25, -0.2) is 9.97 Å². The molecule has 2 fully saturated rings. The van der Waals surface area contributed by atoms with Gasteiger partial charge in [0.2, 0.25) is 11.8 Å². The van der Waals surface area contributed by atoms with Gasteiger partial charge in [-0.2, -0.15) is 0 Å². The Bertz CT molecular complexity index is 705. The zero-order chi connectivity index (χ0) is 18.8. The lowest BCUT2D eigenvalue weighted by Crippen LogP contribution is -2.40. The van der Waals surface area contributed by atoms with E-state index in [4.69, 9.17) is 0 Å². The molecule has 1 aromatic heterocycles. The Morgan fingerprint density at radius 2 is 2.08 bits per heavy atom. The number of aromatic nitrogens is 2. The second kappa shape index (κ2) is 7.60.